The van der Waals surface area contributed by atoms with Crippen molar-refractivity contribution in [2.75, 3.05) is 7.05 Å². The SMILES string of the molecule is CCc1ccc(OCc2c(CC)cccc2C(=O)C(=O)NC)c(C)c1. The number of ketones is 1. The number of carbonyl (C=O) groups is 2. The van der Waals surface area contributed by atoms with Gasteiger partial charge in [0.05, 0.1) is 0 Å². The summed E-state index contributed by atoms with van der Waals surface area (Å²) in [5.41, 5.74) is 4.51. The smallest absolute Gasteiger partial charge is 0.292 e. The van der Waals surface area contributed by atoms with Gasteiger partial charge >= 0.3 is 0 Å². The zero-order chi connectivity index (χ0) is 18.4. The maximum Gasteiger partial charge on any atom is 0.292 e. The van der Waals surface area contributed by atoms with Gasteiger partial charge in [-0.05, 0) is 42.5 Å². The summed E-state index contributed by atoms with van der Waals surface area (Å²) in [4.78, 5) is 24.1. The summed E-state index contributed by atoms with van der Waals surface area (Å²) in [7, 11) is 1.46. The summed E-state index contributed by atoms with van der Waals surface area (Å²) in [6.45, 7) is 6.41. The zero-order valence-corrected chi connectivity index (χ0v) is 15.3. The van der Waals surface area contributed by atoms with Crippen LogP contribution in [-0.2, 0) is 24.2 Å². The highest BCUT2D eigenvalue weighted by Crippen LogP contribution is 2.23. The fraction of sp³-hybridized carbons (Fsp3) is 0.333. The molecule has 0 radical (unpaired) electrons. The number of benzene rings is 2. The van der Waals surface area contributed by atoms with Crippen molar-refractivity contribution in [1.29, 1.82) is 0 Å². The Morgan fingerprint density at radius 2 is 1.84 bits per heavy atom. The number of rotatable bonds is 7. The Bertz CT molecular complexity index is 781. The molecule has 1 amide bonds. The predicted molar refractivity (Wildman–Crippen MR) is 99.1 cm³/mol. The lowest BCUT2D eigenvalue weighted by Crippen LogP contribution is -2.28. The number of nitrogens with one attached hydrogen (secondary N) is 1. The highest BCUT2D eigenvalue weighted by atomic mass is 16.5. The molecule has 0 aliphatic heterocycles. The van der Waals surface area contributed by atoms with E-state index < -0.39 is 11.7 Å². The van der Waals surface area contributed by atoms with Crippen LogP contribution in [0.5, 0.6) is 5.75 Å². The standard InChI is InChI=1S/C21H25NO3/c1-5-15-10-11-19(14(3)12-15)25-13-18-16(6-2)8-7-9-17(18)20(23)21(24)22-4/h7-12H,5-6,13H2,1-4H3,(H,22,24). The van der Waals surface area contributed by atoms with Gasteiger partial charge in [0.2, 0.25) is 0 Å². The average molecular weight is 339 g/mol. The van der Waals surface area contributed by atoms with Crippen molar-refractivity contribution < 1.29 is 14.3 Å². The molecule has 0 aliphatic rings. The molecule has 2 aromatic rings. The number of carbonyl (C=O) groups excluding carboxylic acids is 2. The van der Waals surface area contributed by atoms with Gasteiger partial charge in [0.15, 0.2) is 0 Å². The highest BCUT2D eigenvalue weighted by Gasteiger charge is 2.20. The first-order valence-electron chi connectivity index (χ1n) is 8.61. The van der Waals surface area contributed by atoms with Gasteiger partial charge in [-0.1, -0.05) is 44.2 Å². The third kappa shape index (κ3) is 4.27. The van der Waals surface area contributed by atoms with E-state index in [1.165, 1.54) is 12.6 Å². The zero-order valence-electron chi connectivity index (χ0n) is 15.3. The summed E-state index contributed by atoms with van der Waals surface area (Å²) in [5, 5.41) is 2.39. The van der Waals surface area contributed by atoms with Crippen LogP contribution in [0.15, 0.2) is 36.4 Å². The molecule has 0 heterocycles. The van der Waals surface area contributed by atoms with E-state index in [4.69, 9.17) is 4.74 Å². The number of likely N-dealkylation sites (N-methyl/N-ethyl adjacent to an activating group) is 1. The van der Waals surface area contributed by atoms with Crippen LogP contribution in [-0.4, -0.2) is 18.7 Å². The van der Waals surface area contributed by atoms with Crippen LogP contribution in [0.4, 0.5) is 0 Å². The minimum atomic E-state index is -0.613. The largest absolute Gasteiger partial charge is 0.489 e. The van der Waals surface area contributed by atoms with Gasteiger partial charge in [-0.2, -0.15) is 0 Å². The molecule has 0 aromatic heterocycles. The Kier molecular flexibility index (Phi) is 6.34. The molecule has 4 nitrogen and oxygen atoms in total. The van der Waals surface area contributed by atoms with Crippen molar-refractivity contribution in [3.05, 3.63) is 64.2 Å². The normalized spacial score (nSPS) is 10.4. The van der Waals surface area contributed by atoms with Crippen LogP contribution in [0.1, 0.15) is 46.5 Å². The van der Waals surface area contributed by atoms with Crippen molar-refractivity contribution >= 4 is 11.7 Å². The van der Waals surface area contributed by atoms with Crippen molar-refractivity contribution in [3.8, 4) is 5.75 Å². The Morgan fingerprint density at radius 1 is 1.08 bits per heavy atom. The molecule has 2 rings (SSSR count). The summed E-state index contributed by atoms with van der Waals surface area (Å²) in [6, 6.07) is 11.6. The molecule has 0 saturated carbocycles. The van der Waals surface area contributed by atoms with Crippen molar-refractivity contribution in [3.63, 3.8) is 0 Å². The fourth-order valence-corrected chi connectivity index (χ4v) is 2.83. The lowest BCUT2D eigenvalue weighted by atomic mass is 9.96. The van der Waals surface area contributed by atoms with Gasteiger partial charge in [0.1, 0.15) is 12.4 Å². The molecule has 0 unspecified atom stereocenters. The van der Waals surface area contributed by atoms with E-state index in [2.05, 4.69) is 18.3 Å². The predicted octanol–water partition coefficient (Wildman–Crippen LogP) is 3.63. The number of hydrogen-bond acceptors (Lipinski definition) is 3. The van der Waals surface area contributed by atoms with Gasteiger partial charge in [-0.3, -0.25) is 9.59 Å². The van der Waals surface area contributed by atoms with Gasteiger partial charge in [0, 0.05) is 18.2 Å². The van der Waals surface area contributed by atoms with E-state index >= 15 is 0 Å². The van der Waals surface area contributed by atoms with Crippen molar-refractivity contribution in [2.45, 2.75) is 40.2 Å². The Balaban J connectivity index is 2.32. The van der Waals surface area contributed by atoms with E-state index in [0.29, 0.717) is 5.56 Å². The third-order valence-corrected chi connectivity index (χ3v) is 4.35. The van der Waals surface area contributed by atoms with Crippen LogP contribution in [0.2, 0.25) is 0 Å². The minimum absolute atomic E-state index is 0.258. The molecule has 1 N–H and O–H groups in total. The fourth-order valence-electron chi connectivity index (χ4n) is 2.83. The molecule has 0 bridgehead atoms. The molecule has 0 saturated heterocycles. The maximum absolute atomic E-state index is 12.4. The number of hydrogen-bond donors (Lipinski definition) is 1. The van der Waals surface area contributed by atoms with E-state index in [0.717, 1.165) is 35.3 Å². The van der Waals surface area contributed by atoms with Gasteiger partial charge in [-0.25, -0.2) is 0 Å². The van der Waals surface area contributed by atoms with Gasteiger partial charge in [-0.15, -0.1) is 0 Å². The van der Waals surface area contributed by atoms with Crippen LogP contribution in [0.25, 0.3) is 0 Å². The highest BCUT2D eigenvalue weighted by molar-refractivity contribution is 6.43. The lowest BCUT2D eigenvalue weighted by molar-refractivity contribution is -0.116. The van der Waals surface area contributed by atoms with Gasteiger partial charge in [0.25, 0.3) is 11.7 Å². The van der Waals surface area contributed by atoms with Crippen molar-refractivity contribution in [1.82, 2.24) is 5.32 Å². The van der Waals surface area contributed by atoms with E-state index in [1.54, 1.807) is 12.1 Å². The second-order valence-electron chi connectivity index (χ2n) is 5.95. The molecule has 0 aliphatic carbocycles. The summed E-state index contributed by atoms with van der Waals surface area (Å²) in [5.74, 6) is -0.353. The summed E-state index contributed by atoms with van der Waals surface area (Å²) >= 11 is 0. The molecule has 4 heteroatoms. The monoisotopic (exact) mass is 339 g/mol. The number of Topliss-reactive ketones (excluding diaryl/α,β-unsaturated/α-hetero) is 1. The van der Waals surface area contributed by atoms with Crippen LogP contribution < -0.4 is 10.1 Å². The quantitative estimate of drug-likeness (QED) is 0.619. The number of ether oxygens (including phenoxy) is 1. The first-order chi connectivity index (χ1) is 12.0. The topological polar surface area (TPSA) is 55.4 Å². The molecule has 0 atom stereocenters. The Labute approximate surface area is 149 Å². The summed E-state index contributed by atoms with van der Waals surface area (Å²) < 4.78 is 5.99. The molecular weight excluding hydrogens is 314 g/mol. The van der Waals surface area contributed by atoms with E-state index in [-0.39, 0.29) is 6.61 Å². The molecule has 25 heavy (non-hydrogen) atoms. The number of amides is 1. The van der Waals surface area contributed by atoms with Gasteiger partial charge < -0.3 is 10.1 Å². The second-order valence-corrected chi connectivity index (χ2v) is 5.95. The Morgan fingerprint density at radius 3 is 2.44 bits per heavy atom. The average Bonchev–Trinajstić information content (AvgIpc) is 2.65. The van der Waals surface area contributed by atoms with Crippen LogP contribution >= 0.6 is 0 Å². The summed E-state index contributed by atoms with van der Waals surface area (Å²) in [6.07, 6.45) is 1.74. The van der Waals surface area contributed by atoms with Crippen LogP contribution in [0, 0.1) is 6.92 Å². The lowest BCUT2D eigenvalue weighted by Gasteiger charge is -2.15. The third-order valence-electron chi connectivity index (χ3n) is 4.35. The Hall–Kier alpha value is -2.62. The second kappa shape index (κ2) is 8.47. The number of aryl methyl sites for hydroxylation is 3. The molecule has 2 aromatic carbocycles. The van der Waals surface area contributed by atoms with E-state index in [9.17, 15) is 9.59 Å². The first kappa shape index (κ1) is 18.7. The van der Waals surface area contributed by atoms with E-state index in [1.807, 2.05) is 32.0 Å². The van der Waals surface area contributed by atoms with Crippen LogP contribution in [0.3, 0.4) is 0 Å². The maximum atomic E-state index is 12.4. The minimum Gasteiger partial charge on any atom is -0.489 e. The molecule has 0 spiro atoms. The van der Waals surface area contributed by atoms with Crippen molar-refractivity contribution in [2.24, 2.45) is 0 Å². The molecule has 132 valence electrons. The molecular formula is C21H25NO3. The first-order valence-corrected chi connectivity index (χ1v) is 8.61. The molecule has 0 fully saturated rings.